The summed E-state index contributed by atoms with van der Waals surface area (Å²) in [6, 6.07) is 7.08. The van der Waals surface area contributed by atoms with Crippen LogP contribution in [0, 0.1) is 18.3 Å². The standard InChI is InChI=1S/C16H13Cl3N4O2/c1-10-7-11(3-4-12(10)17)22(6-2-5-20)14(24)9-23-16(25)15(19)13(18)8-21-23/h3-4,7-8H,2,6,9H2,1H3. The van der Waals surface area contributed by atoms with E-state index in [4.69, 9.17) is 40.1 Å². The van der Waals surface area contributed by atoms with E-state index in [1.54, 1.807) is 18.2 Å². The lowest BCUT2D eigenvalue weighted by Gasteiger charge is -2.22. The summed E-state index contributed by atoms with van der Waals surface area (Å²) in [6.07, 6.45) is 1.34. The number of benzene rings is 1. The van der Waals surface area contributed by atoms with Crippen LogP contribution in [0.5, 0.6) is 0 Å². The molecule has 0 N–H and O–H groups in total. The van der Waals surface area contributed by atoms with Crippen molar-refractivity contribution in [3.8, 4) is 6.07 Å². The molecule has 9 heteroatoms. The third-order valence-corrected chi connectivity index (χ3v) is 4.60. The lowest BCUT2D eigenvalue weighted by molar-refractivity contribution is -0.119. The lowest BCUT2D eigenvalue weighted by atomic mass is 10.2. The highest BCUT2D eigenvalue weighted by atomic mass is 35.5. The van der Waals surface area contributed by atoms with Crippen molar-refractivity contribution >= 4 is 46.4 Å². The summed E-state index contributed by atoms with van der Waals surface area (Å²) >= 11 is 17.5. The second-order valence-electron chi connectivity index (χ2n) is 5.16. The summed E-state index contributed by atoms with van der Waals surface area (Å²) in [7, 11) is 0. The molecule has 6 nitrogen and oxygen atoms in total. The maximum Gasteiger partial charge on any atom is 0.287 e. The van der Waals surface area contributed by atoms with Gasteiger partial charge in [0.2, 0.25) is 5.91 Å². The number of rotatable bonds is 5. The Bertz CT molecular complexity index is 905. The molecule has 0 saturated carbocycles. The summed E-state index contributed by atoms with van der Waals surface area (Å²) in [5.74, 6) is -0.412. The molecule has 130 valence electrons. The van der Waals surface area contributed by atoms with E-state index in [0.717, 1.165) is 10.2 Å². The van der Waals surface area contributed by atoms with Crippen molar-refractivity contribution in [2.45, 2.75) is 19.9 Å². The summed E-state index contributed by atoms with van der Waals surface area (Å²) in [5.41, 5.74) is 0.712. The molecule has 1 aromatic carbocycles. The molecule has 2 rings (SSSR count). The first kappa shape index (κ1) is 19.3. The molecule has 0 aliphatic carbocycles. The van der Waals surface area contributed by atoms with E-state index in [1.165, 1.54) is 11.1 Å². The molecule has 0 unspecified atom stereocenters. The highest BCUT2D eigenvalue weighted by molar-refractivity contribution is 6.41. The predicted octanol–water partition coefficient (Wildman–Crippen LogP) is 3.46. The van der Waals surface area contributed by atoms with E-state index in [2.05, 4.69) is 5.10 Å². The zero-order chi connectivity index (χ0) is 18.6. The molecule has 0 atom stereocenters. The average molecular weight is 400 g/mol. The number of nitriles is 1. The van der Waals surface area contributed by atoms with Gasteiger partial charge in [-0.15, -0.1) is 0 Å². The van der Waals surface area contributed by atoms with Crippen LogP contribution in [0.15, 0.2) is 29.2 Å². The van der Waals surface area contributed by atoms with Crippen LogP contribution in [-0.4, -0.2) is 22.2 Å². The number of nitrogens with zero attached hydrogens (tertiary/aromatic N) is 4. The van der Waals surface area contributed by atoms with E-state index in [1.807, 2.05) is 13.0 Å². The number of aromatic nitrogens is 2. The zero-order valence-electron chi connectivity index (χ0n) is 13.2. The van der Waals surface area contributed by atoms with Crippen LogP contribution in [0.4, 0.5) is 5.69 Å². The largest absolute Gasteiger partial charge is 0.310 e. The smallest absolute Gasteiger partial charge is 0.287 e. The van der Waals surface area contributed by atoms with E-state index in [9.17, 15) is 9.59 Å². The Morgan fingerprint density at radius 2 is 2.04 bits per heavy atom. The van der Waals surface area contributed by atoms with Gasteiger partial charge in [0.05, 0.1) is 23.7 Å². The van der Waals surface area contributed by atoms with Gasteiger partial charge in [-0.2, -0.15) is 10.4 Å². The first-order chi connectivity index (χ1) is 11.8. The van der Waals surface area contributed by atoms with Crippen LogP contribution in [0.2, 0.25) is 15.1 Å². The third-order valence-electron chi connectivity index (χ3n) is 3.43. The van der Waals surface area contributed by atoms with Crippen LogP contribution < -0.4 is 10.5 Å². The Balaban J connectivity index is 2.33. The number of hydrogen-bond donors (Lipinski definition) is 0. The monoisotopic (exact) mass is 398 g/mol. The van der Waals surface area contributed by atoms with E-state index in [-0.39, 0.29) is 29.6 Å². The first-order valence-electron chi connectivity index (χ1n) is 7.19. The molecule has 0 radical (unpaired) electrons. The molecule has 1 heterocycles. The van der Waals surface area contributed by atoms with E-state index in [0.29, 0.717) is 10.7 Å². The van der Waals surface area contributed by atoms with Gasteiger partial charge in [-0.25, -0.2) is 4.68 Å². The number of aryl methyl sites for hydroxylation is 1. The molecular weight excluding hydrogens is 387 g/mol. The molecule has 25 heavy (non-hydrogen) atoms. The summed E-state index contributed by atoms with van der Waals surface area (Å²) in [4.78, 5) is 26.1. The van der Waals surface area contributed by atoms with Crippen LogP contribution in [0.3, 0.4) is 0 Å². The van der Waals surface area contributed by atoms with Crippen molar-refractivity contribution in [2.75, 3.05) is 11.4 Å². The van der Waals surface area contributed by atoms with Gasteiger partial charge < -0.3 is 4.90 Å². The molecule has 0 bridgehead atoms. The number of hydrogen-bond acceptors (Lipinski definition) is 4. The number of amides is 1. The maximum atomic E-state index is 12.7. The van der Waals surface area contributed by atoms with Crippen molar-refractivity contribution in [1.82, 2.24) is 9.78 Å². The lowest BCUT2D eigenvalue weighted by Crippen LogP contribution is -2.38. The number of carbonyl (C=O) groups is 1. The van der Waals surface area contributed by atoms with Crippen LogP contribution >= 0.6 is 34.8 Å². The predicted molar refractivity (Wildman–Crippen MR) is 97.3 cm³/mol. The van der Waals surface area contributed by atoms with Gasteiger partial charge in [-0.3, -0.25) is 9.59 Å². The Morgan fingerprint density at radius 3 is 2.68 bits per heavy atom. The highest BCUT2D eigenvalue weighted by Crippen LogP contribution is 2.23. The fourth-order valence-corrected chi connectivity index (χ4v) is 2.52. The van der Waals surface area contributed by atoms with Crippen LogP contribution in [0.1, 0.15) is 12.0 Å². The quantitative estimate of drug-likeness (QED) is 0.771. The molecule has 0 saturated heterocycles. The topological polar surface area (TPSA) is 79.0 Å². The number of carbonyl (C=O) groups excluding carboxylic acids is 1. The molecule has 1 aromatic heterocycles. The molecular formula is C16H13Cl3N4O2. The SMILES string of the molecule is Cc1cc(N(CCC#N)C(=O)Cn2ncc(Cl)c(Cl)c2=O)ccc1Cl. The summed E-state index contributed by atoms with van der Waals surface area (Å²) in [5, 5.41) is 13.0. The molecule has 0 fully saturated rings. The van der Waals surface area contributed by atoms with Crippen molar-refractivity contribution in [2.24, 2.45) is 0 Å². The van der Waals surface area contributed by atoms with Crippen molar-refractivity contribution in [3.05, 3.63) is 55.4 Å². The Labute approximate surface area is 159 Å². The minimum absolute atomic E-state index is 0.0185. The number of halogens is 3. The van der Waals surface area contributed by atoms with Gasteiger partial charge in [-0.1, -0.05) is 34.8 Å². The summed E-state index contributed by atoms with van der Waals surface area (Å²) < 4.78 is 0.929. The van der Waals surface area contributed by atoms with E-state index >= 15 is 0 Å². The maximum absolute atomic E-state index is 12.7. The second-order valence-corrected chi connectivity index (χ2v) is 6.35. The van der Waals surface area contributed by atoms with Crippen molar-refractivity contribution < 1.29 is 4.79 Å². The molecule has 0 aliphatic rings. The first-order valence-corrected chi connectivity index (χ1v) is 8.33. The summed E-state index contributed by atoms with van der Waals surface area (Å²) in [6.45, 7) is 1.65. The zero-order valence-corrected chi connectivity index (χ0v) is 15.4. The van der Waals surface area contributed by atoms with Gasteiger partial charge in [0.15, 0.2) is 0 Å². The van der Waals surface area contributed by atoms with Crippen molar-refractivity contribution in [3.63, 3.8) is 0 Å². The van der Waals surface area contributed by atoms with Gasteiger partial charge in [0, 0.05) is 17.3 Å². The average Bonchev–Trinajstić information content (AvgIpc) is 2.59. The van der Waals surface area contributed by atoms with Crippen molar-refractivity contribution in [1.29, 1.82) is 5.26 Å². The Morgan fingerprint density at radius 1 is 1.32 bits per heavy atom. The second kappa shape index (κ2) is 8.34. The van der Waals surface area contributed by atoms with Gasteiger partial charge in [0.25, 0.3) is 5.56 Å². The minimum Gasteiger partial charge on any atom is -0.310 e. The van der Waals surface area contributed by atoms with E-state index < -0.39 is 11.5 Å². The molecule has 0 aliphatic heterocycles. The highest BCUT2D eigenvalue weighted by Gasteiger charge is 2.19. The third kappa shape index (κ3) is 4.51. The molecule has 1 amide bonds. The Hall–Kier alpha value is -2.07. The molecule has 0 spiro atoms. The normalized spacial score (nSPS) is 10.4. The fourth-order valence-electron chi connectivity index (χ4n) is 2.13. The van der Waals surface area contributed by atoms with Crippen LogP contribution in [0.25, 0.3) is 0 Å². The van der Waals surface area contributed by atoms with Gasteiger partial charge >= 0.3 is 0 Å². The fraction of sp³-hybridized carbons (Fsp3) is 0.250. The van der Waals surface area contributed by atoms with Gasteiger partial charge in [-0.05, 0) is 30.7 Å². The number of anilines is 1. The molecule has 2 aromatic rings. The Kier molecular flexibility index (Phi) is 6.43. The van der Waals surface area contributed by atoms with Gasteiger partial charge in [0.1, 0.15) is 11.6 Å². The minimum atomic E-state index is -0.657. The van der Waals surface area contributed by atoms with Crippen LogP contribution in [-0.2, 0) is 11.3 Å².